The lowest BCUT2D eigenvalue weighted by atomic mass is 10.4. The summed E-state index contributed by atoms with van der Waals surface area (Å²) in [7, 11) is 1.26. The van der Waals surface area contributed by atoms with E-state index < -0.39 is 0 Å². The number of hydrogen-bond donors (Lipinski definition) is 0. The maximum Gasteiger partial charge on any atom is 0.155 e. The Morgan fingerprint density at radius 1 is 1.36 bits per heavy atom. The molecule has 1 aromatic heterocycles. The fourth-order valence-electron chi connectivity index (χ4n) is 0.710. The molecule has 0 saturated carbocycles. The highest BCUT2D eigenvalue weighted by atomic mass is 31.1. The van der Waals surface area contributed by atoms with Gasteiger partial charge in [0.15, 0.2) is 5.57 Å². The molecule has 0 aliphatic heterocycles. The summed E-state index contributed by atoms with van der Waals surface area (Å²) in [5.41, 5.74) is 0.945. The zero-order valence-corrected chi connectivity index (χ0v) is 7.59. The highest BCUT2D eigenvalue weighted by molar-refractivity contribution is 7.46. The normalized spacial score (nSPS) is 11.0. The van der Waals surface area contributed by atoms with Crippen LogP contribution in [-0.4, -0.2) is 16.1 Å². The predicted molar refractivity (Wildman–Crippen MR) is 48.4 cm³/mol. The summed E-state index contributed by atoms with van der Waals surface area (Å²) in [6, 6.07) is 1.85. The smallest absolute Gasteiger partial charge is 0.155 e. The summed E-state index contributed by atoms with van der Waals surface area (Å²) in [6.45, 7) is 2.20. The highest BCUT2D eigenvalue weighted by Gasteiger charge is 1.93. The maximum absolute atomic E-state index is 4.13. The third-order valence-corrected chi connectivity index (χ3v) is 2.37. The van der Waals surface area contributed by atoms with Gasteiger partial charge in [-0.15, -0.1) is 0 Å². The second-order valence-electron chi connectivity index (χ2n) is 2.28. The summed E-state index contributed by atoms with van der Waals surface area (Å²) in [4.78, 5) is 8.25. The van der Waals surface area contributed by atoms with E-state index in [1.165, 1.54) is 27.6 Å². The lowest BCUT2D eigenvalue weighted by Crippen LogP contribution is -2.04. The van der Waals surface area contributed by atoms with Crippen LogP contribution in [0.25, 0.3) is 0 Å². The molecule has 0 amide bonds. The molecule has 0 aliphatic rings. The number of nitrogens with zero attached hydrogens (tertiary/aromatic N) is 2. The second kappa shape index (κ2) is 5.20. The van der Waals surface area contributed by atoms with Crippen LogP contribution in [0.5, 0.6) is 0 Å². The van der Waals surface area contributed by atoms with Crippen LogP contribution in [-0.2, 0) is 0 Å². The van der Waals surface area contributed by atoms with Crippen molar-refractivity contribution < 1.29 is 0 Å². The van der Waals surface area contributed by atoms with Crippen LogP contribution in [0.4, 0.5) is 0 Å². The lowest BCUT2D eigenvalue weighted by molar-refractivity contribution is 0.895. The molecular formula is C8H12N2P. The summed E-state index contributed by atoms with van der Waals surface area (Å²) < 4.78 is 0. The third kappa shape index (κ3) is 3.43. The van der Waals surface area contributed by atoms with E-state index in [0.29, 0.717) is 0 Å². The quantitative estimate of drug-likeness (QED) is 0.505. The predicted octanol–water partition coefficient (Wildman–Crippen LogP) is 1.85. The molecule has 2 nitrogen and oxygen atoms in total. The number of aromatic nitrogens is 2. The number of hydrogen-bond acceptors (Lipinski definition) is 2. The first-order chi connectivity index (χ1) is 5.43. The molecule has 0 atom stereocenters. The van der Waals surface area contributed by atoms with Crippen molar-refractivity contribution in [3.8, 4) is 0 Å². The molecule has 0 aliphatic carbocycles. The van der Waals surface area contributed by atoms with Gasteiger partial charge in [-0.1, -0.05) is 13.3 Å². The molecule has 3 heteroatoms. The van der Waals surface area contributed by atoms with Crippen molar-refractivity contribution in [3.05, 3.63) is 18.5 Å². The fourth-order valence-corrected chi connectivity index (χ4v) is 1.68. The van der Waals surface area contributed by atoms with Crippen LogP contribution >= 0.6 is 8.58 Å². The van der Waals surface area contributed by atoms with Gasteiger partial charge in [0.05, 0.1) is 0 Å². The first kappa shape index (κ1) is 8.61. The maximum atomic E-state index is 4.13. The molecule has 0 N–H and O–H groups in total. The van der Waals surface area contributed by atoms with Gasteiger partial charge >= 0.3 is 0 Å². The Morgan fingerprint density at radius 3 is 2.73 bits per heavy atom. The second-order valence-corrected chi connectivity index (χ2v) is 3.45. The van der Waals surface area contributed by atoms with E-state index in [-0.39, 0.29) is 0 Å². The summed E-state index contributed by atoms with van der Waals surface area (Å²) >= 11 is 0. The average Bonchev–Trinajstić information content (AvgIpc) is 2.07. The zero-order chi connectivity index (χ0) is 7.94. The summed E-state index contributed by atoms with van der Waals surface area (Å²) in [5, 5.41) is 0. The Labute approximate surface area is 69.2 Å². The molecule has 0 fully saturated rings. The standard InChI is InChI=1S/C8H12N2P/c1-2-3-7-11-8-9-5-4-6-10-8/h4-6H,2-3,7H2,1H3. The van der Waals surface area contributed by atoms with Crippen molar-refractivity contribution in [2.45, 2.75) is 19.8 Å². The van der Waals surface area contributed by atoms with Gasteiger partial charge in [0.25, 0.3) is 0 Å². The first-order valence-corrected chi connectivity index (χ1v) is 4.96. The molecule has 1 rings (SSSR count). The Kier molecular flexibility index (Phi) is 4.07. The molecule has 0 aromatic carbocycles. The van der Waals surface area contributed by atoms with Crippen LogP contribution in [0, 0.1) is 0 Å². The van der Waals surface area contributed by atoms with Gasteiger partial charge < -0.3 is 0 Å². The monoisotopic (exact) mass is 167 g/mol. The van der Waals surface area contributed by atoms with Crippen LogP contribution in [0.1, 0.15) is 19.8 Å². The van der Waals surface area contributed by atoms with Crippen LogP contribution in [0.2, 0.25) is 0 Å². The summed E-state index contributed by atoms with van der Waals surface area (Å²) in [6.07, 6.45) is 7.28. The largest absolute Gasteiger partial charge is 0.237 e. The lowest BCUT2D eigenvalue weighted by Gasteiger charge is -1.95. The SMILES string of the molecule is CCCC[P]c1ncccn1. The Balaban J connectivity index is 2.28. The van der Waals surface area contributed by atoms with Gasteiger partial charge in [0.1, 0.15) is 0 Å². The first-order valence-electron chi connectivity index (χ1n) is 3.88. The summed E-state index contributed by atoms with van der Waals surface area (Å²) in [5.74, 6) is 0. The molecule has 0 spiro atoms. The molecule has 0 unspecified atom stereocenters. The third-order valence-electron chi connectivity index (χ3n) is 1.32. The number of rotatable bonds is 4. The van der Waals surface area contributed by atoms with Gasteiger partial charge in [-0.2, -0.15) is 0 Å². The van der Waals surface area contributed by atoms with Gasteiger partial charge in [0, 0.05) is 12.4 Å². The van der Waals surface area contributed by atoms with E-state index >= 15 is 0 Å². The molecule has 1 radical (unpaired) electrons. The molecular weight excluding hydrogens is 155 g/mol. The molecule has 1 aromatic rings. The molecule has 0 bridgehead atoms. The molecule has 0 saturated heterocycles. The topological polar surface area (TPSA) is 25.8 Å². The van der Waals surface area contributed by atoms with Gasteiger partial charge in [0.2, 0.25) is 0 Å². The fraction of sp³-hybridized carbons (Fsp3) is 0.500. The van der Waals surface area contributed by atoms with Crippen LogP contribution in [0.3, 0.4) is 0 Å². The van der Waals surface area contributed by atoms with Crippen molar-refractivity contribution in [2.75, 3.05) is 6.16 Å². The van der Waals surface area contributed by atoms with Gasteiger partial charge in [-0.3, -0.25) is 0 Å². The zero-order valence-electron chi connectivity index (χ0n) is 6.70. The average molecular weight is 167 g/mol. The van der Waals surface area contributed by atoms with Crippen molar-refractivity contribution in [3.63, 3.8) is 0 Å². The van der Waals surface area contributed by atoms with E-state index in [1.54, 1.807) is 12.4 Å². The van der Waals surface area contributed by atoms with Gasteiger partial charge in [-0.05, 0) is 27.2 Å². The van der Waals surface area contributed by atoms with Crippen molar-refractivity contribution in [1.82, 2.24) is 9.97 Å². The van der Waals surface area contributed by atoms with Crippen LogP contribution in [0.15, 0.2) is 18.5 Å². The van der Waals surface area contributed by atoms with Gasteiger partial charge in [-0.25, -0.2) is 9.97 Å². The minimum absolute atomic E-state index is 0.945. The van der Waals surface area contributed by atoms with E-state index in [4.69, 9.17) is 0 Å². The van der Waals surface area contributed by atoms with E-state index in [0.717, 1.165) is 5.57 Å². The number of unbranched alkanes of at least 4 members (excludes halogenated alkanes) is 1. The Hall–Kier alpha value is -0.490. The van der Waals surface area contributed by atoms with E-state index in [9.17, 15) is 0 Å². The van der Waals surface area contributed by atoms with E-state index in [1.807, 2.05) is 6.07 Å². The van der Waals surface area contributed by atoms with Crippen molar-refractivity contribution >= 4 is 14.1 Å². The van der Waals surface area contributed by atoms with Crippen molar-refractivity contribution in [2.24, 2.45) is 0 Å². The Bertz CT molecular complexity index is 189. The molecule has 59 valence electrons. The van der Waals surface area contributed by atoms with Crippen molar-refractivity contribution in [1.29, 1.82) is 0 Å². The van der Waals surface area contributed by atoms with Crippen LogP contribution < -0.4 is 5.57 Å². The minimum atomic E-state index is 0.945. The molecule has 1 heterocycles. The van der Waals surface area contributed by atoms with E-state index in [2.05, 4.69) is 16.9 Å². The minimum Gasteiger partial charge on any atom is -0.237 e. The highest BCUT2D eigenvalue weighted by Crippen LogP contribution is 2.08. The molecule has 11 heavy (non-hydrogen) atoms. The Morgan fingerprint density at radius 2 is 2.09 bits per heavy atom.